The minimum atomic E-state index is -0.929. The maximum Gasteiger partial charge on any atom is 0.273 e. The lowest BCUT2D eigenvalue weighted by Crippen LogP contribution is -2.37. The van der Waals surface area contributed by atoms with Gasteiger partial charge in [0, 0.05) is 35.4 Å². The molecule has 0 aliphatic rings. The minimum Gasteiger partial charge on any atom is -0.497 e. The zero-order valence-electron chi connectivity index (χ0n) is 30.7. The lowest BCUT2D eigenvalue weighted by atomic mass is 9.89. The number of carbonyl (C=O) groups excluding carboxylic acids is 1. The average molecular weight is 779 g/mol. The van der Waals surface area contributed by atoms with Gasteiger partial charge in [-0.1, -0.05) is 55.7 Å². The fourth-order valence-corrected chi connectivity index (χ4v) is 4.81. The van der Waals surface area contributed by atoms with Gasteiger partial charge in [0.15, 0.2) is 5.71 Å². The van der Waals surface area contributed by atoms with E-state index in [1.54, 1.807) is 73.7 Å². The van der Waals surface area contributed by atoms with Crippen molar-refractivity contribution in [3.05, 3.63) is 114 Å². The Kier molecular flexibility index (Phi) is 14.7. The Bertz CT molecular complexity index is 2040. The van der Waals surface area contributed by atoms with E-state index in [0.29, 0.717) is 28.1 Å². The summed E-state index contributed by atoms with van der Waals surface area (Å²) in [7, 11) is 4.39. The number of aromatic nitrogens is 4. The van der Waals surface area contributed by atoms with Crippen molar-refractivity contribution < 1.29 is 37.7 Å². The van der Waals surface area contributed by atoms with Crippen LogP contribution in [0.25, 0.3) is 0 Å². The molecule has 0 aliphatic carbocycles. The van der Waals surface area contributed by atoms with Crippen LogP contribution in [-0.4, -0.2) is 70.3 Å². The zero-order chi connectivity index (χ0) is 39.3. The van der Waals surface area contributed by atoms with Crippen LogP contribution in [0, 0.1) is 18.2 Å². The molecule has 16 heteroatoms. The number of amides is 1. The summed E-state index contributed by atoms with van der Waals surface area (Å²) in [5, 5.41) is 7.03. The third-order valence-electron chi connectivity index (χ3n) is 7.51. The highest BCUT2D eigenvalue weighted by Crippen LogP contribution is 2.34. The smallest absolute Gasteiger partial charge is 0.273 e. The second-order valence-corrected chi connectivity index (χ2v) is 13.0. The first-order valence-electron chi connectivity index (χ1n) is 16.4. The first-order valence-corrected chi connectivity index (χ1v) is 17.1. The Morgan fingerprint density at radius 1 is 0.981 bits per heavy atom. The van der Waals surface area contributed by atoms with Crippen LogP contribution in [0.4, 0.5) is 4.39 Å². The van der Waals surface area contributed by atoms with Crippen molar-refractivity contribution in [2.45, 2.75) is 33.8 Å². The lowest BCUT2D eigenvalue weighted by Gasteiger charge is -2.31. The molecule has 0 bridgehead atoms. The van der Waals surface area contributed by atoms with Crippen molar-refractivity contribution in [2.75, 3.05) is 27.9 Å². The number of nitrogens with zero attached hydrogens (tertiary/aromatic N) is 5. The van der Waals surface area contributed by atoms with Crippen LogP contribution in [0.1, 0.15) is 31.9 Å². The van der Waals surface area contributed by atoms with Crippen molar-refractivity contribution in [1.29, 1.82) is 0 Å². The highest BCUT2D eigenvalue weighted by atomic mass is 35.5. The summed E-state index contributed by atoms with van der Waals surface area (Å²) in [6.45, 7) is 8.40. The molecule has 5 rings (SSSR count). The summed E-state index contributed by atoms with van der Waals surface area (Å²) in [5.74, 6) is -0.159. The van der Waals surface area contributed by atoms with E-state index in [0.717, 1.165) is 17.8 Å². The summed E-state index contributed by atoms with van der Waals surface area (Å²) in [6, 6.07) is 18.9. The lowest BCUT2D eigenvalue weighted by molar-refractivity contribution is -0.114. The molecule has 2 aromatic heterocycles. The third kappa shape index (κ3) is 11.1. The Hall–Kier alpha value is -5.80. The maximum absolute atomic E-state index is 15.0. The Morgan fingerprint density at radius 2 is 1.63 bits per heavy atom. The van der Waals surface area contributed by atoms with Crippen molar-refractivity contribution in [2.24, 2.45) is 10.6 Å². The van der Waals surface area contributed by atoms with Crippen LogP contribution >= 0.6 is 23.8 Å². The molecule has 1 atom stereocenters. The first kappa shape index (κ1) is 41.0. The van der Waals surface area contributed by atoms with Crippen molar-refractivity contribution in [1.82, 2.24) is 24.8 Å². The number of hydrogen-bond donors (Lipinski definition) is 1. The number of hydrogen-bond acceptors (Lipinski definition) is 12. The predicted molar refractivity (Wildman–Crippen MR) is 205 cm³/mol. The summed E-state index contributed by atoms with van der Waals surface area (Å²) in [5.41, 5.74) is 0.717. The number of nitrogens with one attached hydrogen (secondary N) is 1. The molecule has 0 aliphatic heterocycles. The summed E-state index contributed by atoms with van der Waals surface area (Å²) in [6.07, 6.45) is 5.94. The van der Waals surface area contributed by atoms with Crippen LogP contribution in [-0.2, 0) is 14.4 Å². The number of rotatable bonds is 12. The minimum absolute atomic E-state index is 0.0545. The number of halogens is 2. The number of methoxy groups -OCH3 is 1. The third-order valence-corrected chi connectivity index (χ3v) is 8.23. The van der Waals surface area contributed by atoms with Gasteiger partial charge in [-0.05, 0) is 67.7 Å². The van der Waals surface area contributed by atoms with Gasteiger partial charge in [0.1, 0.15) is 55.5 Å². The average Bonchev–Trinajstić information content (AvgIpc) is 3.71. The largest absolute Gasteiger partial charge is 0.497 e. The fourth-order valence-electron chi connectivity index (χ4n) is 4.42. The number of imidazole rings is 1. The summed E-state index contributed by atoms with van der Waals surface area (Å²) < 4.78 is 44.8. The first-order chi connectivity index (χ1) is 25.9. The van der Waals surface area contributed by atoms with Gasteiger partial charge in [-0.15, -0.1) is 0 Å². The summed E-state index contributed by atoms with van der Waals surface area (Å²) >= 11 is 11.4. The van der Waals surface area contributed by atoms with Gasteiger partial charge in [-0.25, -0.2) is 4.98 Å². The number of ether oxygens (including phenoxy) is 5. The van der Waals surface area contributed by atoms with Crippen molar-refractivity contribution in [3.63, 3.8) is 0 Å². The number of oxime groups is 1. The van der Waals surface area contributed by atoms with E-state index in [9.17, 15) is 4.79 Å². The highest BCUT2D eigenvalue weighted by molar-refractivity contribution is 7.80. The number of benzene rings is 3. The van der Waals surface area contributed by atoms with Crippen LogP contribution in [0.15, 0.2) is 96.9 Å². The standard InChI is InChI=1S/C21H18ClFN4O4.C17H22N2O3S/c1-12-14(22)8-6-10-15(12)30-20-17(23)21(26-11-25-20)31-16-9-5-4-7-13(16)18(27-29-3)19(28)24-2;1-17(2,3)15(22-16(23)19-10-9-18-12-19)11-21-14-7-5-13(20-4)6-8-14/h4-11H,1-3H3,(H,24,28);5-10,12,15H,11H2,1-4H3. The van der Waals surface area contributed by atoms with E-state index < -0.39 is 17.6 Å². The molecule has 0 spiro atoms. The molecule has 1 N–H and O–H groups in total. The number of carbonyl (C=O) groups is 1. The molecular formula is C38H40ClFN6O7S. The van der Waals surface area contributed by atoms with E-state index >= 15 is 4.39 Å². The number of thiocarbonyl (C=S) groups is 1. The van der Waals surface area contributed by atoms with Crippen LogP contribution in [0.5, 0.6) is 34.8 Å². The van der Waals surface area contributed by atoms with Crippen molar-refractivity contribution in [3.8, 4) is 34.8 Å². The van der Waals surface area contributed by atoms with Crippen LogP contribution in [0.2, 0.25) is 5.02 Å². The van der Waals surface area contributed by atoms with Crippen LogP contribution in [0.3, 0.4) is 0 Å². The maximum atomic E-state index is 15.0. The molecule has 1 unspecified atom stereocenters. The molecule has 0 saturated carbocycles. The highest BCUT2D eigenvalue weighted by Gasteiger charge is 2.29. The molecule has 0 radical (unpaired) electrons. The van der Waals surface area contributed by atoms with Gasteiger partial charge in [-0.2, -0.15) is 14.4 Å². The summed E-state index contributed by atoms with van der Waals surface area (Å²) in [4.78, 5) is 28.6. The van der Waals surface area contributed by atoms with Gasteiger partial charge in [0.2, 0.25) is 5.82 Å². The van der Waals surface area contributed by atoms with Gasteiger partial charge < -0.3 is 33.8 Å². The molecule has 0 fully saturated rings. The van der Waals surface area contributed by atoms with Crippen LogP contribution < -0.4 is 24.3 Å². The normalized spacial score (nSPS) is 11.7. The van der Waals surface area contributed by atoms with Crippen molar-refractivity contribution >= 4 is 40.6 Å². The number of para-hydroxylation sites is 1. The molecule has 5 aromatic rings. The van der Waals surface area contributed by atoms with Gasteiger partial charge in [0.05, 0.1) is 12.7 Å². The molecule has 284 valence electrons. The van der Waals surface area contributed by atoms with E-state index in [4.69, 9.17) is 52.3 Å². The number of likely N-dealkylation sites (N-methyl/N-ethyl adjacent to an activating group) is 1. The molecule has 3 aromatic carbocycles. The van der Waals surface area contributed by atoms with E-state index in [1.165, 1.54) is 20.2 Å². The molecule has 54 heavy (non-hydrogen) atoms. The Morgan fingerprint density at radius 3 is 2.24 bits per heavy atom. The quantitative estimate of drug-likeness (QED) is 0.0754. The fraction of sp³-hybridized carbons (Fsp3) is 0.263. The molecule has 13 nitrogen and oxygen atoms in total. The monoisotopic (exact) mass is 778 g/mol. The molecule has 0 saturated heterocycles. The second kappa shape index (κ2) is 19.3. The Labute approximate surface area is 323 Å². The molecule has 1 amide bonds. The van der Waals surface area contributed by atoms with Gasteiger partial charge in [0.25, 0.3) is 22.8 Å². The van der Waals surface area contributed by atoms with Gasteiger partial charge >= 0.3 is 0 Å². The predicted octanol–water partition coefficient (Wildman–Crippen LogP) is 7.79. The topological polar surface area (TPSA) is 140 Å². The van der Waals surface area contributed by atoms with E-state index in [2.05, 4.69) is 46.2 Å². The molecule has 2 heterocycles. The van der Waals surface area contributed by atoms with E-state index in [1.807, 2.05) is 24.3 Å². The molecular weight excluding hydrogens is 739 g/mol. The van der Waals surface area contributed by atoms with Gasteiger partial charge in [-0.3, -0.25) is 9.36 Å². The van der Waals surface area contributed by atoms with E-state index in [-0.39, 0.29) is 34.4 Å². The second-order valence-electron chi connectivity index (χ2n) is 12.3. The SMILES string of the molecule is CNC(=O)C(=NOC)c1ccccc1Oc1ncnc(Oc2cccc(Cl)c2C)c1F.COc1ccc(OCC(OC(=S)n2ccnc2)C(C)(C)C)cc1. The Balaban J connectivity index is 0.000000252. The zero-order valence-corrected chi connectivity index (χ0v) is 32.3.